The maximum atomic E-state index is 14.1. The number of hydrogen-bond acceptors (Lipinski definition) is 4. The summed E-state index contributed by atoms with van der Waals surface area (Å²) in [7, 11) is 1.85. The molecule has 1 atom stereocenters. The molecule has 1 aliphatic rings. The first kappa shape index (κ1) is 19.4. The van der Waals surface area contributed by atoms with Crippen molar-refractivity contribution in [3.8, 4) is 0 Å². The number of pyridine rings is 1. The number of nitrogens with zero attached hydrogens (tertiary/aromatic N) is 4. The van der Waals surface area contributed by atoms with Gasteiger partial charge < -0.3 is 5.32 Å². The fraction of sp³-hybridized carbons (Fsp3) is 0.208. The van der Waals surface area contributed by atoms with E-state index in [1.54, 1.807) is 29.1 Å². The first-order chi connectivity index (χ1) is 15.1. The molecular formula is C24H22FN5O. The summed E-state index contributed by atoms with van der Waals surface area (Å²) in [5, 5.41) is 8.38. The Morgan fingerprint density at radius 2 is 2.03 bits per heavy atom. The average Bonchev–Trinajstić information content (AvgIpc) is 3.15. The van der Waals surface area contributed by atoms with Crippen LogP contribution in [-0.2, 0) is 24.9 Å². The predicted molar refractivity (Wildman–Crippen MR) is 117 cm³/mol. The molecule has 3 heterocycles. The first-order valence-electron chi connectivity index (χ1n) is 10.2. The van der Waals surface area contributed by atoms with Gasteiger partial charge in [0, 0.05) is 50.0 Å². The van der Waals surface area contributed by atoms with Crippen LogP contribution in [0.4, 0.5) is 10.1 Å². The Balaban J connectivity index is 1.43. The summed E-state index contributed by atoms with van der Waals surface area (Å²) < 4.78 is 15.8. The summed E-state index contributed by atoms with van der Waals surface area (Å²) >= 11 is 0. The fourth-order valence-corrected chi connectivity index (χ4v) is 4.28. The van der Waals surface area contributed by atoms with Crippen molar-refractivity contribution in [3.05, 3.63) is 89.6 Å². The number of rotatable bonds is 4. The van der Waals surface area contributed by atoms with Gasteiger partial charge in [-0.3, -0.25) is 19.4 Å². The monoisotopic (exact) mass is 415 g/mol. The van der Waals surface area contributed by atoms with Gasteiger partial charge in [-0.1, -0.05) is 30.3 Å². The van der Waals surface area contributed by atoms with Crippen molar-refractivity contribution in [3.63, 3.8) is 0 Å². The molecule has 0 saturated heterocycles. The zero-order valence-electron chi connectivity index (χ0n) is 17.1. The van der Waals surface area contributed by atoms with Crippen molar-refractivity contribution < 1.29 is 9.18 Å². The van der Waals surface area contributed by atoms with Crippen LogP contribution in [0, 0.1) is 5.82 Å². The molecule has 0 radical (unpaired) electrons. The van der Waals surface area contributed by atoms with Gasteiger partial charge in [-0.25, -0.2) is 4.39 Å². The number of halogens is 1. The van der Waals surface area contributed by atoms with Crippen LogP contribution >= 0.6 is 0 Å². The zero-order valence-corrected chi connectivity index (χ0v) is 17.1. The van der Waals surface area contributed by atoms with Crippen LogP contribution < -0.4 is 5.32 Å². The van der Waals surface area contributed by atoms with E-state index in [0.717, 1.165) is 27.7 Å². The van der Waals surface area contributed by atoms with Gasteiger partial charge in [-0.15, -0.1) is 0 Å². The second kappa shape index (κ2) is 7.92. The lowest BCUT2D eigenvalue weighted by atomic mass is 9.94. The molecular weight excluding hydrogens is 393 g/mol. The molecule has 0 bridgehead atoms. The Morgan fingerprint density at radius 3 is 2.90 bits per heavy atom. The van der Waals surface area contributed by atoms with E-state index in [2.05, 4.69) is 32.4 Å². The maximum absolute atomic E-state index is 14.1. The number of benzene rings is 2. The predicted octanol–water partition coefficient (Wildman–Crippen LogP) is 3.85. The minimum Gasteiger partial charge on any atom is -0.323 e. The quantitative estimate of drug-likeness (QED) is 0.550. The van der Waals surface area contributed by atoms with Gasteiger partial charge in [0.15, 0.2) is 0 Å². The molecule has 2 aromatic heterocycles. The van der Waals surface area contributed by atoms with Crippen molar-refractivity contribution in [1.82, 2.24) is 19.7 Å². The summed E-state index contributed by atoms with van der Waals surface area (Å²) in [4.78, 5) is 19.8. The first-order valence-corrected chi connectivity index (χ1v) is 10.2. The third-order valence-corrected chi connectivity index (χ3v) is 5.68. The standard InChI is InChI=1S/C24H22FN5O/c1-29-12-17-14-30(13-16-6-4-10-21-18(16)7-5-11-26-21)15-19(23(17)28-29)24(31)27-22-9-3-2-8-20(22)25/h2-12,19H,13-15H2,1H3,(H,27,31)/t19-/m1/s1. The van der Waals surface area contributed by atoms with Crippen molar-refractivity contribution >= 4 is 22.5 Å². The molecule has 0 fully saturated rings. The van der Waals surface area contributed by atoms with E-state index in [9.17, 15) is 9.18 Å². The summed E-state index contributed by atoms with van der Waals surface area (Å²) in [6.45, 7) is 1.88. The normalized spacial score (nSPS) is 16.3. The van der Waals surface area contributed by atoms with Crippen LogP contribution in [0.5, 0.6) is 0 Å². The fourth-order valence-electron chi connectivity index (χ4n) is 4.28. The number of fused-ring (bicyclic) bond motifs is 2. The van der Waals surface area contributed by atoms with Crippen LogP contribution in [-0.4, -0.2) is 32.1 Å². The summed E-state index contributed by atoms with van der Waals surface area (Å²) in [5.74, 6) is -1.19. The maximum Gasteiger partial charge on any atom is 0.234 e. The van der Waals surface area contributed by atoms with Crippen molar-refractivity contribution in [2.75, 3.05) is 11.9 Å². The van der Waals surface area contributed by atoms with E-state index < -0.39 is 11.7 Å². The lowest BCUT2D eigenvalue weighted by Gasteiger charge is -2.31. The number of hydrogen-bond donors (Lipinski definition) is 1. The molecule has 1 N–H and O–H groups in total. The highest BCUT2D eigenvalue weighted by Crippen LogP contribution is 2.30. The van der Waals surface area contributed by atoms with Gasteiger partial charge in [0.05, 0.1) is 22.8 Å². The van der Waals surface area contributed by atoms with Gasteiger partial charge in [0.1, 0.15) is 5.82 Å². The number of aryl methyl sites for hydroxylation is 1. The van der Waals surface area contributed by atoms with E-state index in [1.807, 2.05) is 31.4 Å². The molecule has 0 unspecified atom stereocenters. The van der Waals surface area contributed by atoms with E-state index in [-0.39, 0.29) is 11.6 Å². The van der Waals surface area contributed by atoms with Gasteiger partial charge >= 0.3 is 0 Å². The van der Waals surface area contributed by atoms with Gasteiger partial charge in [-0.2, -0.15) is 5.10 Å². The minimum absolute atomic E-state index is 0.183. The number of para-hydroxylation sites is 1. The Hall–Kier alpha value is -3.58. The Kier molecular flexibility index (Phi) is 4.95. The number of aromatic nitrogens is 3. The van der Waals surface area contributed by atoms with Gasteiger partial charge in [0.25, 0.3) is 0 Å². The number of anilines is 1. The molecule has 5 rings (SSSR count). The van der Waals surface area contributed by atoms with Crippen molar-refractivity contribution in [2.45, 2.75) is 19.0 Å². The number of carbonyl (C=O) groups is 1. The summed E-state index contributed by atoms with van der Waals surface area (Å²) in [6, 6.07) is 16.3. The molecule has 1 aliphatic heterocycles. The SMILES string of the molecule is Cn1cc2c(n1)[C@H](C(=O)Nc1ccccc1F)CN(Cc1cccc3ncccc13)C2. The molecule has 156 valence electrons. The minimum atomic E-state index is -0.488. The molecule has 6 nitrogen and oxygen atoms in total. The van der Waals surface area contributed by atoms with Gasteiger partial charge in [0.2, 0.25) is 5.91 Å². The van der Waals surface area contributed by atoms with E-state index >= 15 is 0 Å². The van der Waals surface area contributed by atoms with Crippen LogP contribution in [0.25, 0.3) is 10.9 Å². The molecule has 2 aromatic carbocycles. The van der Waals surface area contributed by atoms with Crippen LogP contribution in [0.1, 0.15) is 22.7 Å². The Bertz CT molecular complexity index is 1260. The molecule has 0 saturated carbocycles. The highest BCUT2D eigenvalue weighted by atomic mass is 19.1. The number of amides is 1. The van der Waals surface area contributed by atoms with Gasteiger partial charge in [-0.05, 0) is 29.8 Å². The molecule has 0 spiro atoms. The highest BCUT2D eigenvalue weighted by molar-refractivity contribution is 5.96. The Morgan fingerprint density at radius 1 is 1.16 bits per heavy atom. The van der Waals surface area contributed by atoms with Crippen molar-refractivity contribution in [2.24, 2.45) is 7.05 Å². The smallest absolute Gasteiger partial charge is 0.234 e. The summed E-state index contributed by atoms with van der Waals surface area (Å²) in [6.07, 6.45) is 3.74. The lowest BCUT2D eigenvalue weighted by Crippen LogP contribution is -2.38. The second-order valence-electron chi connectivity index (χ2n) is 7.89. The van der Waals surface area contributed by atoms with E-state index in [1.165, 1.54) is 6.07 Å². The molecule has 4 aromatic rings. The number of nitrogens with one attached hydrogen (secondary N) is 1. The van der Waals surface area contributed by atoms with Crippen LogP contribution in [0.3, 0.4) is 0 Å². The average molecular weight is 415 g/mol. The topological polar surface area (TPSA) is 63.1 Å². The largest absolute Gasteiger partial charge is 0.323 e. The molecule has 0 aliphatic carbocycles. The number of carbonyl (C=O) groups excluding carboxylic acids is 1. The third kappa shape index (κ3) is 3.80. The molecule has 7 heteroatoms. The second-order valence-corrected chi connectivity index (χ2v) is 7.89. The summed E-state index contributed by atoms with van der Waals surface area (Å²) in [5.41, 5.74) is 4.06. The van der Waals surface area contributed by atoms with Crippen LogP contribution in [0.15, 0.2) is 67.0 Å². The van der Waals surface area contributed by atoms with Crippen LogP contribution in [0.2, 0.25) is 0 Å². The molecule has 1 amide bonds. The van der Waals surface area contributed by atoms with E-state index in [4.69, 9.17) is 0 Å². The lowest BCUT2D eigenvalue weighted by molar-refractivity contribution is -0.118. The highest BCUT2D eigenvalue weighted by Gasteiger charge is 2.33. The van der Waals surface area contributed by atoms with Crippen molar-refractivity contribution in [1.29, 1.82) is 0 Å². The zero-order chi connectivity index (χ0) is 21.4. The Labute approximate surface area is 179 Å². The van der Waals surface area contributed by atoms with E-state index in [0.29, 0.717) is 19.6 Å². The third-order valence-electron chi connectivity index (χ3n) is 5.68. The molecule has 31 heavy (non-hydrogen) atoms.